The van der Waals surface area contributed by atoms with Crippen LogP contribution >= 0.6 is 0 Å². The second-order valence-electron chi connectivity index (χ2n) is 5.68. The van der Waals surface area contributed by atoms with Crippen molar-refractivity contribution in [2.75, 3.05) is 19.6 Å². The number of aromatic nitrogens is 2. The molecule has 0 amide bonds. The van der Waals surface area contributed by atoms with Crippen molar-refractivity contribution in [2.45, 2.75) is 25.0 Å². The molecule has 2 unspecified atom stereocenters. The number of rotatable bonds is 3. The predicted molar refractivity (Wildman–Crippen MR) is 67.3 cm³/mol. The van der Waals surface area contributed by atoms with Crippen molar-refractivity contribution in [3.8, 4) is 5.75 Å². The molecule has 0 aromatic carbocycles. The number of likely N-dealkylation sites (tertiary alicyclic amines) is 1. The van der Waals surface area contributed by atoms with Crippen LogP contribution in [0, 0.1) is 11.8 Å². The van der Waals surface area contributed by atoms with Gasteiger partial charge in [0.25, 0.3) is 0 Å². The number of nitrogens with zero attached hydrogens (tertiary/aromatic N) is 3. The molecule has 3 N–H and O–H groups in total. The Kier molecular flexibility index (Phi) is 3.38. The quantitative estimate of drug-likeness (QED) is 0.708. The number of aliphatic hydroxyl groups excluding tert-OH is 2. The van der Waals surface area contributed by atoms with Crippen molar-refractivity contribution in [3.63, 3.8) is 0 Å². The molecule has 104 valence electrons. The smallest absolute Gasteiger partial charge is 0.158 e. The van der Waals surface area contributed by atoms with E-state index in [0.29, 0.717) is 24.2 Å². The second-order valence-corrected chi connectivity index (χ2v) is 5.68. The van der Waals surface area contributed by atoms with Gasteiger partial charge in [0.15, 0.2) is 11.6 Å². The van der Waals surface area contributed by atoms with Gasteiger partial charge in [0.1, 0.15) is 6.10 Å². The van der Waals surface area contributed by atoms with Crippen LogP contribution < -0.4 is 0 Å². The Morgan fingerprint density at radius 3 is 2.37 bits per heavy atom. The van der Waals surface area contributed by atoms with Crippen molar-refractivity contribution < 1.29 is 15.3 Å². The van der Waals surface area contributed by atoms with E-state index in [-0.39, 0.29) is 11.9 Å². The van der Waals surface area contributed by atoms with Crippen LogP contribution in [0.3, 0.4) is 0 Å². The molecular weight excluding hydrogens is 246 g/mol. The molecule has 0 bridgehead atoms. The van der Waals surface area contributed by atoms with Crippen molar-refractivity contribution in [3.05, 3.63) is 18.2 Å². The molecule has 19 heavy (non-hydrogen) atoms. The van der Waals surface area contributed by atoms with Crippen LogP contribution in [-0.4, -0.2) is 55.9 Å². The van der Waals surface area contributed by atoms with Gasteiger partial charge in [0.2, 0.25) is 0 Å². The number of hydrogen-bond donors (Lipinski definition) is 3. The van der Waals surface area contributed by atoms with E-state index in [0.717, 1.165) is 25.9 Å². The standard InChI is InChI=1S/C13H19N3O3/c17-10-1-8-5-16(6-9(8)2-10)7-12(19)13-14-3-11(18)4-15-13/h3-4,8-10,12,17-19H,1-2,5-7H2/t8-,9+,10?,12?. The summed E-state index contributed by atoms with van der Waals surface area (Å²) in [7, 11) is 0. The van der Waals surface area contributed by atoms with Crippen LogP contribution in [0.2, 0.25) is 0 Å². The topological polar surface area (TPSA) is 89.7 Å². The molecule has 1 aromatic rings. The highest BCUT2D eigenvalue weighted by Crippen LogP contribution is 2.38. The molecule has 1 aliphatic heterocycles. The molecule has 4 atom stereocenters. The predicted octanol–water partition coefficient (Wildman–Crippen LogP) is -0.0817. The molecular formula is C13H19N3O3. The van der Waals surface area contributed by atoms with E-state index in [4.69, 9.17) is 5.11 Å². The Labute approximate surface area is 111 Å². The van der Waals surface area contributed by atoms with Crippen LogP contribution in [0.5, 0.6) is 5.75 Å². The minimum absolute atomic E-state index is 0.000595. The first kappa shape index (κ1) is 12.8. The van der Waals surface area contributed by atoms with Gasteiger partial charge in [-0.1, -0.05) is 0 Å². The zero-order valence-corrected chi connectivity index (χ0v) is 10.7. The third kappa shape index (κ3) is 2.70. The van der Waals surface area contributed by atoms with Crippen molar-refractivity contribution >= 4 is 0 Å². The first-order valence-electron chi connectivity index (χ1n) is 6.71. The van der Waals surface area contributed by atoms with E-state index in [1.165, 1.54) is 12.4 Å². The number of aromatic hydroxyl groups is 1. The summed E-state index contributed by atoms with van der Waals surface area (Å²) in [6.07, 6.45) is 3.48. The first-order valence-corrected chi connectivity index (χ1v) is 6.71. The van der Waals surface area contributed by atoms with Gasteiger partial charge in [-0.05, 0) is 24.7 Å². The average molecular weight is 265 g/mol. The van der Waals surface area contributed by atoms with Gasteiger partial charge in [0, 0.05) is 19.6 Å². The Hall–Kier alpha value is -1.24. The molecule has 0 radical (unpaired) electrons. The summed E-state index contributed by atoms with van der Waals surface area (Å²) in [6.45, 7) is 2.36. The molecule has 6 heteroatoms. The van der Waals surface area contributed by atoms with E-state index < -0.39 is 6.10 Å². The zero-order chi connectivity index (χ0) is 13.4. The van der Waals surface area contributed by atoms with Crippen LogP contribution in [-0.2, 0) is 0 Å². The minimum Gasteiger partial charge on any atom is -0.505 e. The summed E-state index contributed by atoms with van der Waals surface area (Å²) in [5.41, 5.74) is 0. The average Bonchev–Trinajstić information content (AvgIpc) is 2.86. The van der Waals surface area contributed by atoms with Crippen LogP contribution in [0.1, 0.15) is 24.8 Å². The molecule has 1 aliphatic carbocycles. The highest BCUT2D eigenvalue weighted by Gasteiger charge is 2.40. The molecule has 6 nitrogen and oxygen atoms in total. The summed E-state index contributed by atoms with van der Waals surface area (Å²) in [5.74, 6) is 1.46. The van der Waals surface area contributed by atoms with E-state index in [2.05, 4.69) is 14.9 Å². The van der Waals surface area contributed by atoms with Crippen molar-refractivity contribution in [2.24, 2.45) is 11.8 Å². The number of β-amino-alcohol motifs (C(OH)–C–C–N with tert-alkyl or cyclic N) is 1. The molecule has 2 aliphatic rings. The van der Waals surface area contributed by atoms with E-state index in [9.17, 15) is 10.2 Å². The van der Waals surface area contributed by atoms with Gasteiger partial charge >= 0.3 is 0 Å². The Balaban J connectivity index is 1.56. The van der Waals surface area contributed by atoms with Crippen molar-refractivity contribution in [1.82, 2.24) is 14.9 Å². The summed E-state index contributed by atoms with van der Waals surface area (Å²) in [5, 5.41) is 28.8. The summed E-state index contributed by atoms with van der Waals surface area (Å²) in [6, 6.07) is 0. The third-order valence-electron chi connectivity index (χ3n) is 4.19. The lowest BCUT2D eigenvalue weighted by Crippen LogP contribution is -2.28. The minimum atomic E-state index is -0.732. The molecule has 1 saturated carbocycles. The van der Waals surface area contributed by atoms with Gasteiger partial charge in [-0.15, -0.1) is 0 Å². The lowest BCUT2D eigenvalue weighted by atomic mass is 10.0. The van der Waals surface area contributed by atoms with Crippen LogP contribution in [0.25, 0.3) is 0 Å². The Bertz CT molecular complexity index is 425. The molecule has 2 fully saturated rings. The number of hydrogen-bond acceptors (Lipinski definition) is 6. The zero-order valence-electron chi connectivity index (χ0n) is 10.7. The normalized spacial score (nSPS) is 32.4. The molecule has 1 saturated heterocycles. The fourth-order valence-electron chi connectivity index (χ4n) is 3.34. The van der Waals surface area contributed by atoms with E-state index >= 15 is 0 Å². The van der Waals surface area contributed by atoms with Gasteiger partial charge in [-0.25, -0.2) is 9.97 Å². The summed E-state index contributed by atoms with van der Waals surface area (Å²) in [4.78, 5) is 10.1. The van der Waals surface area contributed by atoms with Gasteiger partial charge in [0.05, 0.1) is 18.5 Å². The molecule has 1 aromatic heterocycles. The third-order valence-corrected chi connectivity index (χ3v) is 4.19. The maximum atomic E-state index is 10.1. The summed E-state index contributed by atoms with van der Waals surface area (Å²) < 4.78 is 0. The lowest BCUT2D eigenvalue weighted by molar-refractivity contribution is 0.107. The van der Waals surface area contributed by atoms with E-state index in [1.807, 2.05) is 0 Å². The van der Waals surface area contributed by atoms with Crippen LogP contribution in [0.4, 0.5) is 0 Å². The monoisotopic (exact) mass is 265 g/mol. The molecule has 3 rings (SSSR count). The number of fused-ring (bicyclic) bond motifs is 1. The SMILES string of the molecule is Oc1cnc(C(O)CN2C[C@H]3CC(O)C[C@H]3C2)nc1. The van der Waals surface area contributed by atoms with E-state index in [1.54, 1.807) is 0 Å². The van der Waals surface area contributed by atoms with Gasteiger partial charge in [-0.2, -0.15) is 0 Å². The summed E-state index contributed by atoms with van der Waals surface area (Å²) >= 11 is 0. The lowest BCUT2D eigenvalue weighted by Gasteiger charge is -2.20. The number of aliphatic hydroxyl groups is 2. The fraction of sp³-hybridized carbons (Fsp3) is 0.692. The Morgan fingerprint density at radius 2 is 1.79 bits per heavy atom. The van der Waals surface area contributed by atoms with Crippen LogP contribution in [0.15, 0.2) is 12.4 Å². The first-order chi connectivity index (χ1) is 9.11. The molecule has 2 heterocycles. The highest BCUT2D eigenvalue weighted by molar-refractivity contribution is 5.10. The van der Waals surface area contributed by atoms with Gasteiger partial charge < -0.3 is 15.3 Å². The van der Waals surface area contributed by atoms with Gasteiger partial charge in [-0.3, -0.25) is 4.90 Å². The second kappa shape index (κ2) is 5.03. The highest BCUT2D eigenvalue weighted by atomic mass is 16.3. The largest absolute Gasteiger partial charge is 0.505 e. The Morgan fingerprint density at radius 1 is 1.21 bits per heavy atom. The fourth-order valence-corrected chi connectivity index (χ4v) is 3.34. The maximum Gasteiger partial charge on any atom is 0.158 e. The van der Waals surface area contributed by atoms with Crippen molar-refractivity contribution in [1.29, 1.82) is 0 Å². The maximum absolute atomic E-state index is 10.1. The molecule has 0 spiro atoms.